The third-order valence-electron chi connectivity index (χ3n) is 7.95. The molecule has 1 aliphatic carbocycles. The van der Waals surface area contributed by atoms with Crippen LogP contribution in [0.3, 0.4) is 0 Å². The Morgan fingerprint density at radius 3 is 2.66 bits per heavy atom. The van der Waals surface area contributed by atoms with Crippen molar-refractivity contribution < 1.29 is 9.90 Å². The average Bonchev–Trinajstić information content (AvgIpc) is 3.48. The van der Waals surface area contributed by atoms with E-state index in [1.54, 1.807) is 12.3 Å². The van der Waals surface area contributed by atoms with Gasteiger partial charge in [-0.05, 0) is 65.6 Å². The van der Waals surface area contributed by atoms with Crippen molar-refractivity contribution in [3.63, 3.8) is 0 Å². The van der Waals surface area contributed by atoms with Crippen molar-refractivity contribution in [2.75, 3.05) is 18.9 Å². The second kappa shape index (κ2) is 9.82. The van der Waals surface area contributed by atoms with E-state index in [4.69, 9.17) is 5.26 Å². The Balaban J connectivity index is 1.34. The van der Waals surface area contributed by atoms with E-state index in [2.05, 4.69) is 36.6 Å². The van der Waals surface area contributed by atoms with Crippen molar-refractivity contribution in [2.24, 2.45) is 4.99 Å². The Morgan fingerprint density at radius 2 is 2.00 bits per heavy atom. The number of likely N-dealkylation sites (N-methyl/N-ethyl adjacent to an activating group) is 1. The molecule has 3 N–H and O–H groups in total. The lowest BCUT2D eigenvalue weighted by atomic mass is 9.74. The van der Waals surface area contributed by atoms with E-state index < -0.39 is 11.3 Å². The Bertz CT molecular complexity index is 1430. The number of pyridine rings is 2. The minimum Gasteiger partial charge on any atom is -0.386 e. The number of hydrogen-bond acceptors (Lipinski definition) is 8. The molecule has 1 fully saturated rings. The first kappa shape index (κ1) is 25.8. The van der Waals surface area contributed by atoms with E-state index in [1.807, 2.05) is 56.9 Å². The summed E-state index contributed by atoms with van der Waals surface area (Å²) in [5.41, 5.74) is 0.765. The Kier molecular flexibility index (Phi) is 6.67. The highest BCUT2D eigenvalue weighted by Crippen LogP contribution is 2.42. The molecule has 1 saturated carbocycles. The lowest BCUT2D eigenvalue weighted by Crippen LogP contribution is -2.60. The fourth-order valence-corrected chi connectivity index (χ4v) is 5.53. The van der Waals surface area contributed by atoms with E-state index in [0.29, 0.717) is 54.0 Å². The molecule has 5 rings (SSSR count). The first-order chi connectivity index (χ1) is 18.1. The van der Waals surface area contributed by atoms with E-state index in [0.717, 1.165) is 11.9 Å². The molecule has 1 unspecified atom stereocenters. The van der Waals surface area contributed by atoms with Gasteiger partial charge in [-0.1, -0.05) is 0 Å². The monoisotopic (exact) mass is 514 g/mol. The quantitative estimate of drug-likeness (QED) is 0.460. The number of nitriles is 1. The molecule has 1 atom stereocenters. The number of anilines is 1. The molecule has 1 aliphatic heterocycles. The van der Waals surface area contributed by atoms with Gasteiger partial charge in [-0.2, -0.15) is 5.26 Å². The molecule has 3 aromatic rings. The number of rotatable bonds is 6. The maximum atomic E-state index is 13.4. The molecule has 0 bridgehead atoms. The Labute approximate surface area is 222 Å². The molecule has 10 heteroatoms. The van der Waals surface area contributed by atoms with Crippen LogP contribution in [-0.2, 0) is 0 Å². The molecular formula is C28H34N8O2. The van der Waals surface area contributed by atoms with Crippen molar-refractivity contribution in [1.82, 2.24) is 24.8 Å². The van der Waals surface area contributed by atoms with Crippen LogP contribution in [-0.4, -0.2) is 73.6 Å². The second-order valence-corrected chi connectivity index (χ2v) is 10.8. The van der Waals surface area contributed by atoms with Gasteiger partial charge in [0.25, 0.3) is 5.91 Å². The number of aliphatic hydroxyl groups is 1. The normalized spacial score (nSPS) is 25.6. The van der Waals surface area contributed by atoms with Crippen molar-refractivity contribution in [1.29, 1.82) is 5.26 Å². The largest absolute Gasteiger partial charge is 0.386 e. The van der Waals surface area contributed by atoms with Gasteiger partial charge in [0, 0.05) is 54.9 Å². The van der Waals surface area contributed by atoms with E-state index >= 15 is 0 Å². The molecule has 38 heavy (non-hydrogen) atoms. The molecular weight excluding hydrogens is 480 g/mol. The Morgan fingerprint density at radius 1 is 1.24 bits per heavy atom. The first-order valence-corrected chi connectivity index (χ1v) is 13.1. The van der Waals surface area contributed by atoms with Crippen LogP contribution in [0.5, 0.6) is 0 Å². The third-order valence-corrected chi connectivity index (χ3v) is 7.95. The number of hydrogen-bond donors (Lipinski definition) is 3. The van der Waals surface area contributed by atoms with Gasteiger partial charge in [0.2, 0.25) is 0 Å². The summed E-state index contributed by atoms with van der Waals surface area (Å²) in [5.74, 6) is 0.424. The fraction of sp³-hybridized carbons (Fsp3) is 0.464. The van der Waals surface area contributed by atoms with Crippen LogP contribution in [0.1, 0.15) is 62.4 Å². The molecule has 198 valence electrons. The second-order valence-electron chi connectivity index (χ2n) is 10.8. The van der Waals surface area contributed by atoms with Crippen LogP contribution >= 0.6 is 0 Å². The van der Waals surface area contributed by atoms with Gasteiger partial charge in [-0.15, -0.1) is 0 Å². The average molecular weight is 515 g/mol. The van der Waals surface area contributed by atoms with Gasteiger partial charge in [0.1, 0.15) is 28.8 Å². The number of fused-ring (bicyclic) bond motifs is 1. The lowest BCUT2D eigenvalue weighted by molar-refractivity contribution is -0.109. The van der Waals surface area contributed by atoms with Crippen molar-refractivity contribution >= 4 is 28.8 Å². The zero-order valence-electron chi connectivity index (χ0n) is 22.3. The minimum atomic E-state index is -0.925. The number of carbonyl (C=O) groups is 1. The van der Waals surface area contributed by atoms with E-state index in [9.17, 15) is 9.90 Å². The number of carbonyl (C=O) groups excluding carboxylic acids is 1. The number of nitrogens with one attached hydrogen (secondary N) is 2. The zero-order valence-corrected chi connectivity index (χ0v) is 22.3. The summed E-state index contributed by atoms with van der Waals surface area (Å²) < 4.78 is 1.84. The number of aliphatic imine (C=N–C) groups is 1. The van der Waals surface area contributed by atoms with Crippen LogP contribution in [0.2, 0.25) is 0 Å². The van der Waals surface area contributed by atoms with Crippen LogP contribution in [0.15, 0.2) is 41.8 Å². The molecule has 0 spiro atoms. The molecule has 1 amide bonds. The first-order valence-electron chi connectivity index (χ1n) is 13.1. The molecule has 3 aromatic heterocycles. The molecule has 0 radical (unpaired) electrons. The number of aromatic nitrogens is 3. The van der Waals surface area contributed by atoms with Gasteiger partial charge < -0.3 is 15.7 Å². The van der Waals surface area contributed by atoms with Crippen LogP contribution in [0, 0.1) is 11.3 Å². The Hall–Kier alpha value is -3.81. The van der Waals surface area contributed by atoms with Gasteiger partial charge in [-0.25, -0.2) is 9.97 Å². The zero-order chi connectivity index (χ0) is 27.1. The molecule has 4 heterocycles. The summed E-state index contributed by atoms with van der Waals surface area (Å²) in [4.78, 5) is 29.1. The van der Waals surface area contributed by atoms with E-state index in [1.165, 1.54) is 6.20 Å². The number of nitrogens with zero attached hydrogens (tertiary/aromatic N) is 6. The maximum Gasteiger partial charge on any atom is 0.255 e. The van der Waals surface area contributed by atoms with Gasteiger partial charge >= 0.3 is 0 Å². The highest BCUT2D eigenvalue weighted by molar-refractivity contribution is 6.00. The summed E-state index contributed by atoms with van der Waals surface area (Å²) in [6.45, 7) is 6.74. The standard InChI is InChI=1S/C28H34N8O2/c1-18(2)33-23-14-24(36-11-7-20-13-19(15-29)16-31-25(20)36)30-17-22(23)26(37)34-21-5-8-28(38,9-6-21)27(3)32-10-12-35(27)4/h7,10-11,13-14,16-18,21,38H,5-6,8-9,12H2,1-4H3,(H,30,33)(H,34,37). The number of amides is 1. The molecule has 10 nitrogen and oxygen atoms in total. The van der Waals surface area contributed by atoms with Crippen LogP contribution in [0.25, 0.3) is 16.9 Å². The lowest BCUT2D eigenvalue weighted by Gasteiger charge is -2.48. The van der Waals surface area contributed by atoms with Gasteiger partial charge in [0.05, 0.1) is 16.8 Å². The van der Waals surface area contributed by atoms with Gasteiger partial charge in [0.15, 0.2) is 0 Å². The fourth-order valence-electron chi connectivity index (χ4n) is 5.53. The summed E-state index contributed by atoms with van der Waals surface area (Å²) in [7, 11) is 1.98. The topological polar surface area (TPSA) is 131 Å². The smallest absolute Gasteiger partial charge is 0.255 e. The third kappa shape index (κ3) is 4.52. The summed E-state index contributed by atoms with van der Waals surface area (Å²) in [6.07, 6.45) is 9.31. The summed E-state index contributed by atoms with van der Waals surface area (Å²) in [5, 5.41) is 28.0. The highest BCUT2D eigenvalue weighted by Gasteiger charge is 2.52. The van der Waals surface area contributed by atoms with Crippen LogP contribution < -0.4 is 10.6 Å². The molecule has 0 aromatic carbocycles. The summed E-state index contributed by atoms with van der Waals surface area (Å²) in [6, 6.07) is 7.70. The minimum absolute atomic E-state index is 0.0411. The van der Waals surface area contributed by atoms with E-state index in [-0.39, 0.29) is 18.0 Å². The highest BCUT2D eigenvalue weighted by atomic mass is 16.3. The van der Waals surface area contributed by atoms with Crippen molar-refractivity contribution in [2.45, 2.75) is 69.8 Å². The SMILES string of the molecule is CC(C)Nc1cc(-n2ccc3cc(C#N)cnc32)ncc1C(=O)NC1CCC(O)(C2(C)N=CCN2C)CC1. The van der Waals surface area contributed by atoms with Crippen LogP contribution in [0.4, 0.5) is 5.69 Å². The molecule has 2 aliphatic rings. The predicted molar refractivity (Wildman–Crippen MR) is 147 cm³/mol. The maximum absolute atomic E-state index is 13.4. The summed E-state index contributed by atoms with van der Waals surface area (Å²) >= 11 is 0. The van der Waals surface area contributed by atoms with Crippen molar-refractivity contribution in [3.8, 4) is 11.9 Å². The predicted octanol–water partition coefficient (Wildman–Crippen LogP) is 3.25. The van der Waals surface area contributed by atoms with Gasteiger partial charge in [-0.3, -0.25) is 19.3 Å². The van der Waals surface area contributed by atoms with Crippen molar-refractivity contribution in [3.05, 3.63) is 47.9 Å². The molecule has 0 saturated heterocycles.